The second-order valence-electron chi connectivity index (χ2n) is 9.62. The molecule has 0 aromatic heterocycles. The fraction of sp³-hybridized carbons (Fsp3) is 0.517. The number of ether oxygens (including phenoxy) is 3. The van der Waals surface area contributed by atoms with E-state index in [0.717, 1.165) is 38.3 Å². The van der Waals surface area contributed by atoms with Gasteiger partial charge in [0.2, 0.25) is 5.91 Å². The van der Waals surface area contributed by atoms with E-state index in [2.05, 4.69) is 40.1 Å². The number of carbonyl (C=O) groups is 1. The van der Waals surface area contributed by atoms with Crippen LogP contribution in [0.2, 0.25) is 0 Å². The molecule has 37 heavy (non-hydrogen) atoms. The Morgan fingerprint density at radius 3 is 2.46 bits per heavy atom. The maximum atomic E-state index is 12.5. The number of methoxy groups -OCH3 is 1. The Hall–Kier alpha value is -2.96. The molecule has 0 spiro atoms. The maximum absolute atomic E-state index is 12.5. The summed E-state index contributed by atoms with van der Waals surface area (Å²) in [7, 11) is 1.62. The van der Waals surface area contributed by atoms with Gasteiger partial charge in [-0.3, -0.25) is 9.69 Å². The van der Waals surface area contributed by atoms with Gasteiger partial charge in [0.25, 0.3) is 0 Å². The first-order valence-corrected chi connectivity index (χ1v) is 13.2. The lowest BCUT2D eigenvalue weighted by atomic mass is 10.1. The van der Waals surface area contributed by atoms with Gasteiger partial charge in [-0.05, 0) is 48.2 Å². The fourth-order valence-electron chi connectivity index (χ4n) is 4.83. The smallest absolute Gasteiger partial charge is 0.248 e. The van der Waals surface area contributed by atoms with Gasteiger partial charge in [0.05, 0.1) is 37.6 Å². The molecule has 0 bridgehead atoms. The first kappa shape index (κ1) is 27.1. The van der Waals surface area contributed by atoms with E-state index in [1.807, 2.05) is 29.2 Å². The van der Waals surface area contributed by atoms with Gasteiger partial charge in [0, 0.05) is 58.6 Å². The van der Waals surface area contributed by atoms with Crippen LogP contribution in [-0.2, 0) is 25.6 Å². The number of hydrogen-bond donors (Lipinski definition) is 0. The summed E-state index contributed by atoms with van der Waals surface area (Å²) in [6.45, 7) is 7.41. The molecule has 0 aliphatic carbocycles. The average molecular weight is 507 g/mol. The van der Waals surface area contributed by atoms with Crippen LogP contribution in [0.5, 0.6) is 0 Å². The number of amides is 1. The Morgan fingerprint density at radius 2 is 1.76 bits per heavy atom. The summed E-state index contributed by atoms with van der Waals surface area (Å²) in [6, 6.07) is 18.5. The van der Waals surface area contributed by atoms with Crippen molar-refractivity contribution in [1.29, 1.82) is 5.26 Å². The van der Waals surface area contributed by atoms with Crippen molar-refractivity contribution in [3.63, 3.8) is 0 Å². The van der Waals surface area contributed by atoms with Gasteiger partial charge < -0.3 is 24.0 Å². The van der Waals surface area contributed by atoms with Crippen molar-refractivity contribution in [3.8, 4) is 6.07 Å². The van der Waals surface area contributed by atoms with Crippen molar-refractivity contribution in [2.24, 2.45) is 0 Å². The van der Waals surface area contributed by atoms with Crippen LogP contribution in [0.25, 0.3) is 0 Å². The Balaban J connectivity index is 1.38. The van der Waals surface area contributed by atoms with Crippen LogP contribution in [0, 0.1) is 11.3 Å². The summed E-state index contributed by atoms with van der Waals surface area (Å²) in [5.41, 5.74) is 4.12. The summed E-state index contributed by atoms with van der Waals surface area (Å²) in [4.78, 5) is 19.2. The third kappa shape index (κ3) is 8.01. The van der Waals surface area contributed by atoms with Crippen molar-refractivity contribution in [2.45, 2.75) is 25.6 Å². The number of nitriles is 1. The molecule has 8 heteroatoms. The van der Waals surface area contributed by atoms with Crippen molar-refractivity contribution in [3.05, 3.63) is 65.2 Å². The third-order valence-electron chi connectivity index (χ3n) is 7.05. The highest BCUT2D eigenvalue weighted by Gasteiger charge is 2.25. The van der Waals surface area contributed by atoms with E-state index >= 15 is 0 Å². The number of piperazine rings is 1. The largest absolute Gasteiger partial charge is 0.382 e. The molecule has 2 heterocycles. The minimum Gasteiger partial charge on any atom is -0.382 e. The molecular formula is C29H38N4O4. The number of nitrogens with zero attached hydrogens (tertiary/aromatic N) is 4. The predicted octanol–water partition coefficient (Wildman–Crippen LogP) is 3.22. The maximum Gasteiger partial charge on any atom is 0.248 e. The molecule has 2 aliphatic heterocycles. The van der Waals surface area contributed by atoms with Crippen LogP contribution >= 0.6 is 0 Å². The highest BCUT2D eigenvalue weighted by Crippen LogP contribution is 2.27. The van der Waals surface area contributed by atoms with Gasteiger partial charge in [-0.2, -0.15) is 5.26 Å². The van der Waals surface area contributed by atoms with Crippen molar-refractivity contribution in [2.75, 3.05) is 77.6 Å². The van der Waals surface area contributed by atoms with Gasteiger partial charge in [-0.25, -0.2) is 0 Å². The van der Waals surface area contributed by atoms with E-state index in [0.29, 0.717) is 38.5 Å². The first-order valence-electron chi connectivity index (χ1n) is 13.2. The van der Waals surface area contributed by atoms with E-state index in [1.165, 1.54) is 24.1 Å². The highest BCUT2D eigenvalue weighted by atomic mass is 16.5. The van der Waals surface area contributed by atoms with Gasteiger partial charge in [0.1, 0.15) is 6.61 Å². The molecule has 2 fully saturated rings. The summed E-state index contributed by atoms with van der Waals surface area (Å²) >= 11 is 0. The lowest BCUT2D eigenvalue weighted by molar-refractivity contribution is -0.138. The lowest BCUT2D eigenvalue weighted by Gasteiger charge is -2.36. The van der Waals surface area contributed by atoms with Crippen LogP contribution in [0.3, 0.4) is 0 Å². The van der Waals surface area contributed by atoms with E-state index < -0.39 is 0 Å². The van der Waals surface area contributed by atoms with Crippen LogP contribution in [0.4, 0.5) is 5.69 Å². The summed E-state index contributed by atoms with van der Waals surface area (Å²) in [5.74, 6) is 0.0303. The first-order chi connectivity index (χ1) is 18.2. The summed E-state index contributed by atoms with van der Waals surface area (Å²) in [5, 5.41) is 9.08. The molecule has 8 nitrogen and oxygen atoms in total. The number of hydrogen-bond acceptors (Lipinski definition) is 7. The van der Waals surface area contributed by atoms with E-state index in [1.54, 1.807) is 7.11 Å². The van der Waals surface area contributed by atoms with E-state index in [-0.39, 0.29) is 18.6 Å². The molecule has 2 aliphatic rings. The second-order valence-corrected chi connectivity index (χ2v) is 9.62. The minimum absolute atomic E-state index is 0.0303. The number of benzene rings is 2. The summed E-state index contributed by atoms with van der Waals surface area (Å²) in [6.07, 6.45) is 2.38. The summed E-state index contributed by atoms with van der Waals surface area (Å²) < 4.78 is 16.9. The predicted molar refractivity (Wildman–Crippen MR) is 142 cm³/mol. The molecule has 1 amide bonds. The van der Waals surface area contributed by atoms with Crippen LogP contribution in [0.15, 0.2) is 48.5 Å². The molecule has 0 saturated carbocycles. The molecule has 2 aromatic carbocycles. The molecule has 198 valence electrons. The quantitative estimate of drug-likeness (QED) is 0.409. The lowest BCUT2D eigenvalue weighted by Crippen LogP contribution is -2.50. The Kier molecular flexibility index (Phi) is 10.3. The second kappa shape index (κ2) is 14.1. The van der Waals surface area contributed by atoms with Crippen LogP contribution < -0.4 is 4.90 Å². The molecule has 0 radical (unpaired) electrons. The molecule has 0 N–H and O–H groups in total. The standard InChI is InChI=1S/C29H38N4O4/c1-35-17-18-36-23-29(34)33-15-13-31(14-16-33)21-28(37-22-25-9-7-24(20-30)8-10-25)26-5-4-6-27(19-26)32-11-2-3-12-32/h4-10,19,28H,2-3,11-18,21-23H2,1H3/t28-/m0/s1. The minimum atomic E-state index is -0.0992. The monoisotopic (exact) mass is 506 g/mol. The Bertz CT molecular complexity index is 1020. The van der Waals surface area contributed by atoms with E-state index in [4.69, 9.17) is 19.5 Å². The van der Waals surface area contributed by atoms with Gasteiger partial charge >= 0.3 is 0 Å². The average Bonchev–Trinajstić information content (AvgIpc) is 3.49. The number of carbonyl (C=O) groups excluding carboxylic acids is 1. The third-order valence-corrected chi connectivity index (χ3v) is 7.05. The molecule has 0 unspecified atom stereocenters. The van der Waals surface area contributed by atoms with Crippen molar-refractivity contribution in [1.82, 2.24) is 9.80 Å². The zero-order valence-corrected chi connectivity index (χ0v) is 21.8. The Labute approximate surface area is 220 Å². The molecule has 2 aromatic rings. The Morgan fingerprint density at radius 1 is 1.00 bits per heavy atom. The highest BCUT2D eigenvalue weighted by molar-refractivity contribution is 5.77. The molecule has 2 saturated heterocycles. The topological polar surface area (TPSA) is 78.3 Å². The van der Waals surface area contributed by atoms with Crippen molar-refractivity contribution < 1.29 is 19.0 Å². The van der Waals surface area contributed by atoms with Gasteiger partial charge in [0.15, 0.2) is 0 Å². The number of anilines is 1. The normalized spacial score (nSPS) is 17.1. The zero-order chi connectivity index (χ0) is 25.9. The van der Waals surface area contributed by atoms with Gasteiger partial charge in [-0.1, -0.05) is 24.3 Å². The zero-order valence-electron chi connectivity index (χ0n) is 21.8. The molecule has 1 atom stereocenters. The molecular weight excluding hydrogens is 468 g/mol. The molecule has 4 rings (SSSR count). The van der Waals surface area contributed by atoms with Crippen LogP contribution in [0.1, 0.15) is 35.6 Å². The van der Waals surface area contributed by atoms with Crippen LogP contribution in [-0.4, -0.2) is 88.5 Å². The number of rotatable bonds is 12. The SMILES string of the molecule is COCCOCC(=O)N1CCN(C[C@H](OCc2ccc(C#N)cc2)c2cccc(N3CCCC3)c2)CC1. The van der Waals surface area contributed by atoms with Gasteiger partial charge in [-0.15, -0.1) is 0 Å². The van der Waals surface area contributed by atoms with Crippen molar-refractivity contribution >= 4 is 11.6 Å². The van der Waals surface area contributed by atoms with E-state index in [9.17, 15) is 4.79 Å². The fourth-order valence-corrected chi connectivity index (χ4v) is 4.83.